The summed E-state index contributed by atoms with van der Waals surface area (Å²) in [6.45, 7) is 0. The molecule has 2 N–H and O–H groups in total. The quantitative estimate of drug-likeness (QED) is 0.513. The van der Waals surface area contributed by atoms with Gasteiger partial charge in [0.2, 0.25) is 0 Å². The first-order valence-corrected chi connectivity index (χ1v) is 5.52. The second kappa shape index (κ2) is 4.16. The van der Waals surface area contributed by atoms with Gasteiger partial charge in [0.25, 0.3) is 11.2 Å². The highest BCUT2D eigenvalue weighted by atomic mass is 16.6. The Morgan fingerprint density at radius 2 is 2.00 bits per heavy atom. The number of nitrogens with zero attached hydrogens (tertiary/aromatic N) is 3. The molecule has 3 rings (SSSR count). The van der Waals surface area contributed by atoms with Crippen molar-refractivity contribution in [3.05, 3.63) is 61.5 Å². The predicted molar refractivity (Wildman–Crippen MR) is 69.0 cm³/mol. The molecule has 100 valence electrons. The second-order valence-corrected chi connectivity index (χ2v) is 3.94. The lowest BCUT2D eigenvalue weighted by Gasteiger charge is -2.03. The fraction of sp³-hybridized carbons (Fsp3) is 0. The number of imidazole rings is 1. The summed E-state index contributed by atoms with van der Waals surface area (Å²) in [4.78, 5) is 42.7. The van der Waals surface area contributed by atoms with Crippen molar-refractivity contribution in [3.63, 3.8) is 0 Å². The maximum atomic E-state index is 12.0. The number of aromatic amines is 2. The summed E-state index contributed by atoms with van der Waals surface area (Å²) < 4.78 is 0.944. The zero-order valence-corrected chi connectivity index (χ0v) is 9.86. The molecular weight excluding hydrogens is 266 g/mol. The molecule has 2 heterocycles. The van der Waals surface area contributed by atoms with E-state index in [1.807, 2.05) is 0 Å². The molecule has 0 radical (unpaired) electrons. The van der Waals surface area contributed by atoms with Gasteiger partial charge in [0.1, 0.15) is 5.69 Å². The lowest BCUT2D eigenvalue weighted by Crippen LogP contribution is -2.19. The average molecular weight is 273 g/mol. The van der Waals surface area contributed by atoms with E-state index in [-0.39, 0.29) is 22.5 Å². The van der Waals surface area contributed by atoms with Crippen molar-refractivity contribution < 1.29 is 4.92 Å². The molecular formula is C11H7N5O4. The summed E-state index contributed by atoms with van der Waals surface area (Å²) in [6.07, 6.45) is 1.14. The predicted octanol–water partition coefficient (Wildman–Crippen LogP) is 0.310. The van der Waals surface area contributed by atoms with Crippen molar-refractivity contribution in [2.75, 3.05) is 0 Å². The van der Waals surface area contributed by atoms with Crippen molar-refractivity contribution in [1.82, 2.24) is 19.5 Å². The van der Waals surface area contributed by atoms with Crippen molar-refractivity contribution in [3.8, 4) is 5.69 Å². The van der Waals surface area contributed by atoms with Crippen LogP contribution in [0, 0.1) is 10.1 Å². The monoisotopic (exact) mass is 273 g/mol. The molecule has 1 aromatic carbocycles. The molecule has 2 aromatic heterocycles. The number of nitro groups is 1. The van der Waals surface area contributed by atoms with Gasteiger partial charge < -0.3 is 4.98 Å². The van der Waals surface area contributed by atoms with Crippen LogP contribution >= 0.6 is 0 Å². The van der Waals surface area contributed by atoms with Gasteiger partial charge in [0, 0.05) is 6.07 Å². The molecule has 0 saturated heterocycles. The molecule has 3 aromatic rings. The van der Waals surface area contributed by atoms with E-state index in [0.29, 0.717) is 0 Å². The topological polar surface area (TPSA) is 127 Å². The molecule has 0 aliphatic rings. The number of fused-ring (bicyclic) bond motifs is 1. The van der Waals surface area contributed by atoms with Crippen LogP contribution in [0.25, 0.3) is 16.9 Å². The maximum absolute atomic E-state index is 12.0. The van der Waals surface area contributed by atoms with Gasteiger partial charge in [-0.1, -0.05) is 12.1 Å². The number of aromatic nitrogens is 4. The van der Waals surface area contributed by atoms with Gasteiger partial charge >= 0.3 is 5.69 Å². The van der Waals surface area contributed by atoms with Crippen LogP contribution in [-0.4, -0.2) is 24.4 Å². The number of H-pyrrole nitrogens is 2. The summed E-state index contributed by atoms with van der Waals surface area (Å²) in [7, 11) is 0. The zero-order chi connectivity index (χ0) is 14.3. The van der Waals surface area contributed by atoms with Crippen LogP contribution in [0.5, 0.6) is 0 Å². The van der Waals surface area contributed by atoms with Gasteiger partial charge in [-0.05, 0) is 6.07 Å². The Morgan fingerprint density at radius 1 is 1.25 bits per heavy atom. The number of nitro benzene ring substituents is 1. The third-order valence-corrected chi connectivity index (χ3v) is 2.80. The normalized spacial score (nSPS) is 10.8. The summed E-state index contributed by atoms with van der Waals surface area (Å²) in [5.74, 6) is 0. The maximum Gasteiger partial charge on any atom is 0.332 e. The van der Waals surface area contributed by atoms with E-state index in [1.165, 1.54) is 24.3 Å². The molecule has 0 atom stereocenters. The molecule has 0 saturated carbocycles. The highest BCUT2D eigenvalue weighted by molar-refractivity contribution is 5.73. The SMILES string of the molecule is O=c1[nH]cnc2[nH]c(=O)n(-c3ccccc3[N+](=O)[O-])c12. The molecule has 0 aliphatic carbocycles. The number of benzene rings is 1. The molecule has 0 unspecified atom stereocenters. The minimum atomic E-state index is -0.668. The minimum absolute atomic E-state index is 0.00671. The standard InChI is InChI=1S/C11H7N5O4/c17-10-8-9(12-5-13-10)14-11(18)15(8)6-3-1-2-4-7(6)16(19)20/h1-5H,(H2,12,13,14,17,18). The average Bonchev–Trinajstić information content (AvgIpc) is 2.76. The highest BCUT2D eigenvalue weighted by Crippen LogP contribution is 2.22. The van der Waals surface area contributed by atoms with Crippen LogP contribution in [0.4, 0.5) is 5.69 Å². The molecule has 0 fully saturated rings. The summed E-state index contributed by atoms with van der Waals surface area (Å²) in [5, 5.41) is 11.0. The fourth-order valence-corrected chi connectivity index (χ4v) is 1.99. The molecule has 0 amide bonds. The highest BCUT2D eigenvalue weighted by Gasteiger charge is 2.20. The Balaban J connectivity index is 2.48. The Morgan fingerprint density at radius 3 is 2.75 bits per heavy atom. The minimum Gasteiger partial charge on any atom is -0.311 e. The lowest BCUT2D eigenvalue weighted by atomic mass is 10.2. The van der Waals surface area contributed by atoms with E-state index in [4.69, 9.17) is 0 Å². The molecule has 0 aliphatic heterocycles. The zero-order valence-electron chi connectivity index (χ0n) is 9.86. The summed E-state index contributed by atoms with van der Waals surface area (Å²) in [6, 6.07) is 5.66. The van der Waals surface area contributed by atoms with Crippen molar-refractivity contribution >= 4 is 16.9 Å². The second-order valence-electron chi connectivity index (χ2n) is 3.94. The molecule has 0 bridgehead atoms. The largest absolute Gasteiger partial charge is 0.332 e. The van der Waals surface area contributed by atoms with E-state index in [1.54, 1.807) is 0 Å². The van der Waals surface area contributed by atoms with E-state index in [0.717, 1.165) is 10.9 Å². The van der Waals surface area contributed by atoms with Crippen LogP contribution in [0.15, 0.2) is 40.2 Å². The molecule has 9 heteroatoms. The fourth-order valence-electron chi connectivity index (χ4n) is 1.99. The number of hydrogen-bond acceptors (Lipinski definition) is 5. The van der Waals surface area contributed by atoms with Crippen molar-refractivity contribution in [2.24, 2.45) is 0 Å². The van der Waals surface area contributed by atoms with Crippen LogP contribution in [-0.2, 0) is 0 Å². The van der Waals surface area contributed by atoms with Gasteiger partial charge in [-0.3, -0.25) is 19.9 Å². The summed E-state index contributed by atoms with van der Waals surface area (Å²) in [5.41, 5.74) is -1.50. The molecule has 0 spiro atoms. The van der Waals surface area contributed by atoms with Crippen molar-refractivity contribution in [2.45, 2.75) is 0 Å². The number of rotatable bonds is 2. The third-order valence-electron chi connectivity index (χ3n) is 2.80. The Bertz CT molecular complexity index is 936. The lowest BCUT2D eigenvalue weighted by molar-refractivity contribution is -0.384. The van der Waals surface area contributed by atoms with Crippen LogP contribution in [0.3, 0.4) is 0 Å². The molecule has 9 nitrogen and oxygen atoms in total. The number of hydrogen-bond donors (Lipinski definition) is 2. The van der Waals surface area contributed by atoms with Crippen molar-refractivity contribution in [1.29, 1.82) is 0 Å². The van der Waals surface area contributed by atoms with Gasteiger partial charge in [0.05, 0.1) is 11.3 Å². The van der Waals surface area contributed by atoms with Crippen LogP contribution < -0.4 is 11.2 Å². The van der Waals surface area contributed by atoms with E-state index >= 15 is 0 Å². The van der Waals surface area contributed by atoms with Gasteiger partial charge in [-0.25, -0.2) is 14.3 Å². The first kappa shape index (κ1) is 11.8. The van der Waals surface area contributed by atoms with Gasteiger partial charge in [-0.2, -0.15) is 0 Å². The number of nitrogens with one attached hydrogen (secondary N) is 2. The Labute approximate surface area is 109 Å². The third kappa shape index (κ3) is 1.61. The van der Waals surface area contributed by atoms with Gasteiger partial charge in [-0.15, -0.1) is 0 Å². The molecule has 20 heavy (non-hydrogen) atoms. The first-order valence-electron chi connectivity index (χ1n) is 5.52. The Kier molecular flexibility index (Phi) is 2.46. The van der Waals surface area contributed by atoms with Crippen LogP contribution in [0.2, 0.25) is 0 Å². The van der Waals surface area contributed by atoms with E-state index in [9.17, 15) is 19.7 Å². The number of para-hydroxylation sites is 2. The van der Waals surface area contributed by atoms with E-state index in [2.05, 4.69) is 15.0 Å². The first-order chi connectivity index (χ1) is 9.59. The smallest absolute Gasteiger partial charge is 0.311 e. The van der Waals surface area contributed by atoms with Gasteiger partial charge in [0.15, 0.2) is 11.2 Å². The summed E-state index contributed by atoms with van der Waals surface area (Å²) >= 11 is 0. The van der Waals surface area contributed by atoms with Crippen LogP contribution in [0.1, 0.15) is 0 Å². The Hall–Kier alpha value is -3.23. The van der Waals surface area contributed by atoms with E-state index < -0.39 is 16.2 Å².